The van der Waals surface area contributed by atoms with E-state index < -0.39 is 28.0 Å². The maximum Gasteiger partial charge on any atom is 0.305 e. The van der Waals surface area contributed by atoms with Crippen molar-refractivity contribution >= 4 is 27.6 Å². The Kier molecular flexibility index (Phi) is 5.52. The molecule has 0 amide bonds. The SMILES string of the molecule is COCC(C)(CC(=O)O)NS(=O)(=O)c1ccccc1Cl. The van der Waals surface area contributed by atoms with E-state index in [4.69, 9.17) is 21.4 Å². The molecular weight excluding hydrogens is 306 g/mol. The van der Waals surface area contributed by atoms with Gasteiger partial charge in [0.25, 0.3) is 0 Å². The van der Waals surface area contributed by atoms with Gasteiger partial charge in [-0.05, 0) is 19.1 Å². The van der Waals surface area contributed by atoms with Gasteiger partial charge < -0.3 is 9.84 Å². The van der Waals surface area contributed by atoms with Crippen molar-refractivity contribution < 1.29 is 23.1 Å². The molecule has 0 aromatic heterocycles. The van der Waals surface area contributed by atoms with Crippen molar-refractivity contribution in [2.75, 3.05) is 13.7 Å². The molecule has 0 aliphatic heterocycles. The zero-order chi connectivity index (χ0) is 15.4. The van der Waals surface area contributed by atoms with E-state index in [0.29, 0.717) is 0 Å². The Balaban J connectivity index is 3.09. The Bertz CT molecular complexity index is 589. The maximum atomic E-state index is 12.3. The minimum absolute atomic E-state index is 0.0649. The van der Waals surface area contributed by atoms with Crippen molar-refractivity contribution in [3.05, 3.63) is 29.3 Å². The number of nitrogens with one attached hydrogen (secondary N) is 1. The van der Waals surface area contributed by atoms with Crippen molar-refractivity contribution in [2.45, 2.75) is 23.8 Å². The van der Waals surface area contributed by atoms with Crippen LogP contribution in [0.4, 0.5) is 0 Å². The number of sulfonamides is 1. The first-order valence-corrected chi connectivity index (χ1v) is 7.55. The van der Waals surface area contributed by atoms with Gasteiger partial charge in [0, 0.05) is 7.11 Å². The molecule has 0 bridgehead atoms. The Morgan fingerprint density at radius 2 is 2.05 bits per heavy atom. The standard InChI is InChI=1S/C12H16ClNO5S/c1-12(8-19-2,7-11(15)16)14-20(17,18)10-6-4-3-5-9(10)13/h3-6,14H,7-8H2,1-2H3,(H,15,16). The Labute approximate surface area is 122 Å². The molecule has 0 radical (unpaired) electrons. The van der Waals surface area contributed by atoms with E-state index in [1.54, 1.807) is 6.07 Å². The summed E-state index contributed by atoms with van der Waals surface area (Å²) in [6.07, 6.45) is -0.412. The Hall–Kier alpha value is -1.15. The highest BCUT2D eigenvalue weighted by atomic mass is 35.5. The van der Waals surface area contributed by atoms with Gasteiger partial charge in [-0.15, -0.1) is 0 Å². The summed E-state index contributed by atoms with van der Waals surface area (Å²) in [5.74, 6) is -1.13. The van der Waals surface area contributed by atoms with Crippen molar-refractivity contribution in [1.82, 2.24) is 4.72 Å². The quantitative estimate of drug-likeness (QED) is 0.794. The highest BCUT2D eigenvalue weighted by molar-refractivity contribution is 7.89. The van der Waals surface area contributed by atoms with Crippen molar-refractivity contribution in [1.29, 1.82) is 0 Å². The second kappa shape index (κ2) is 6.53. The van der Waals surface area contributed by atoms with E-state index in [1.165, 1.54) is 32.2 Å². The number of carbonyl (C=O) groups is 1. The third-order valence-corrected chi connectivity index (χ3v) is 4.65. The summed E-state index contributed by atoms with van der Waals surface area (Å²) in [5, 5.41) is 8.95. The van der Waals surface area contributed by atoms with Crippen LogP contribution in [0.1, 0.15) is 13.3 Å². The van der Waals surface area contributed by atoms with Gasteiger partial charge in [0.1, 0.15) is 4.90 Å². The van der Waals surface area contributed by atoms with E-state index in [9.17, 15) is 13.2 Å². The first-order valence-electron chi connectivity index (χ1n) is 5.69. The molecule has 0 heterocycles. The zero-order valence-electron chi connectivity index (χ0n) is 11.1. The lowest BCUT2D eigenvalue weighted by atomic mass is 10.0. The minimum Gasteiger partial charge on any atom is -0.481 e. The van der Waals surface area contributed by atoms with Crippen LogP contribution in [0.5, 0.6) is 0 Å². The van der Waals surface area contributed by atoms with Gasteiger partial charge >= 0.3 is 5.97 Å². The summed E-state index contributed by atoms with van der Waals surface area (Å²) in [6, 6.07) is 5.93. The Morgan fingerprint density at radius 1 is 1.45 bits per heavy atom. The molecule has 0 fully saturated rings. The molecule has 20 heavy (non-hydrogen) atoms. The van der Waals surface area contributed by atoms with E-state index in [-0.39, 0.29) is 16.5 Å². The van der Waals surface area contributed by atoms with Gasteiger partial charge in [-0.3, -0.25) is 4.79 Å². The van der Waals surface area contributed by atoms with Gasteiger partial charge in [-0.25, -0.2) is 13.1 Å². The number of carboxylic acid groups (broad SMARTS) is 1. The largest absolute Gasteiger partial charge is 0.481 e. The van der Waals surface area contributed by atoms with Crippen LogP contribution in [0.3, 0.4) is 0 Å². The number of hydrogen-bond acceptors (Lipinski definition) is 4. The van der Waals surface area contributed by atoms with Crippen LogP contribution in [0.2, 0.25) is 5.02 Å². The van der Waals surface area contributed by atoms with Crippen molar-refractivity contribution in [3.63, 3.8) is 0 Å². The molecular formula is C12H16ClNO5S. The highest BCUT2D eigenvalue weighted by Crippen LogP contribution is 2.23. The van der Waals surface area contributed by atoms with Crippen LogP contribution in [0.25, 0.3) is 0 Å². The molecule has 6 nitrogen and oxygen atoms in total. The normalized spacial score (nSPS) is 14.8. The fourth-order valence-corrected chi connectivity index (χ4v) is 3.72. The molecule has 1 aromatic rings. The van der Waals surface area contributed by atoms with Crippen molar-refractivity contribution in [2.24, 2.45) is 0 Å². The fraction of sp³-hybridized carbons (Fsp3) is 0.417. The number of ether oxygens (including phenoxy) is 1. The minimum atomic E-state index is -3.94. The number of carboxylic acids is 1. The average Bonchev–Trinajstić information content (AvgIpc) is 2.26. The lowest BCUT2D eigenvalue weighted by Gasteiger charge is -2.28. The number of halogens is 1. The predicted molar refractivity (Wildman–Crippen MR) is 74.3 cm³/mol. The predicted octanol–water partition coefficient (Wildman–Crippen LogP) is 1.50. The lowest BCUT2D eigenvalue weighted by molar-refractivity contribution is -0.138. The second-order valence-electron chi connectivity index (χ2n) is 4.60. The van der Waals surface area contributed by atoms with Crippen LogP contribution in [0.15, 0.2) is 29.2 Å². The van der Waals surface area contributed by atoms with E-state index in [0.717, 1.165) is 0 Å². The molecule has 1 aromatic carbocycles. The van der Waals surface area contributed by atoms with Gasteiger partial charge in [0.05, 0.1) is 23.6 Å². The number of methoxy groups -OCH3 is 1. The average molecular weight is 322 g/mol. The molecule has 2 N–H and O–H groups in total. The number of aliphatic carboxylic acids is 1. The van der Waals surface area contributed by atoms with Gasteiger partial charge in [0.2, 0.25) is 10.0 Å². The van der Waals surface area contributed by atoms with Crippen LogP contribution in [-0.4, -0.2) is 38.7 Å². The van der Waals surface area contributed by atoms with Crippen LogP contribution < -0.4 is 4.72 Å². The highest BCUT2D eigenvalue weighted by Gasteiger charge is 2.33. The maximum absolute atomic E-state index is 12.3. The summed E-state index contributed by atoms with van der Waals surface area (Å²) < 4.78 is 31.8. The molecule has 8 heteroatoms. The molecule has 1 atom stereocenters. The molecule has 0 saturated carbocycles. The first-order chi connectivity index (χ1) is 9.20. The molecule has 0 saturated heterocycles. The third-order valence-electron chi connectivity index (χ3n) is 2.51. The molecule has 1 rings (SSSR count). The summed E-state index contributed by atoms with van der Waals surface area (Å²) in [5.41, 5.74) is -1.27. The van der Waals surface area contributed by atoms with Gasteiger partial charge in [-0.2, -0.15) is 0 Å². The van der Waals surface area contributed by atoms with Gasteiger partial charge in [0.15, 0.2) is 0 Å². The van der Waals surface area contributed by atoms with E-state index in [2.05, 4.69) is 4.72 Å². The molecule has 1 unspecified atom stereocenters. The molecule has 0 spiro atoms. The van der Waals surface area contributed by atoms with E-state index in [1.807, 2.05) is 0 Å². The number of rotatable bonds is 7. The Morgan fingerprint density at radius 3 is 2.55 bits per heavy atom. The van der Waals surface area contributed by atoms with Crippen molar-refractivity contribution in [3.8, 4) is 0 Å². The number of benzene rings is 1. The third kappa shape index (κ3) is 4.45. The van der Waals surface area contributed by atoms with Crippen LogP contribution >= 0.6 is 11.6 Å². The molecule has 0 aliphatic carbocycles. The van der Waals surface area contributed by atoms with E-state index >= 15 is 0 Å². The lowest BCUT2D eigenvalue weighted by Crippen LogP contribution is -2.50. The topological polar surface area (TPSA) is 92.7 Å². The summed E-state index contributed by atoms with van der Waals surface area (Å²) >= 11 is 5.85. The number of hydrogen-bond donors (Lipinski definition) is 2. The smallest absolute Gasteiger partial charge is 0.305 e. The molecule has 0 aliphatic rings. The summed E-state index contributed by atoms with van der Waals surface area (Å²) in [6.45, 7) is 1.38. The fourth-order valence-electron chi connectivity index (χ4n) is 1.81. The monoisotopic (exact) mass is 321 g/mol. The zero-order valence-corrected chi connectivity index (χ0v) is 12.7. The van der Waals surface area contributed by atoms with Crippen LogP contribution in [0, 0.1) is 0 Å². The summed E-state index contributed by atoms with van der Waals surface area (Å²) in [4.78, 5) is 10.8. The second-order valence-corrected chi connectivity index (χ2v) is 6.66. The van der Waals surface area contributed by atoms with Gasteiger partial charge in [-0.1, -0.05) is 23.7 Å². The molecule has 112 valence electrons. The van der Waals surface area contributed by atoms with Crippen LogP contribution in [-0.2, 0) is 19.6 Å². The summed E-state index contributed by atoms with van der Waals surface area (Å²) in [7, 11) is -2.58. The first kappa shape index (κ1) is 16.9.